The summed E-state index contributed by atoms with van der Waals surface area (Å²) in [5, 5.41) is 9.85. The van der Waals surface area contributed by atoms with Crippen LogP contribution in [-0.4, -0.2) is 68.3 Å². The molecule has 5 heterocycles. The Hall–Kier alpha value is -3.42. The van der Waals surface area contributed by atoms with Gasteiger partial charge in [0.2, 0.25) is 0 Å². The molecule has 2 aromatic heterocycles. The van der Waals surface area contributed by atoms with E-state index in [0.717, 1.165) is 65.6 Å². The van der Waals surface area contributed by atoms with Crippen molar-refractivity contribution in [1.82, 2.24) is 24.1 Å². The molecular weight excluding hydrogens is 402 g/mol. The van der Waals surface area contributed by atoms with Crippen LogP contribution in [0.2, 0.25) is 0 Å². The van der Waals surface area contributed by atoms with E-state index in [2.05, 4.69) is 27.9 Å². The van der Waals surface area contributed by atoms with Gasteiger partial charge in [0.05, 0.1) is 18.0 Å². The van der Waals surface area contributed by atoms with Crippen molar-refractivity contribution < 1.29 is 9.90 Å². The largest absolute Gasteiger partial charge is 0.392 e. The number of nitrogens with zero attached hydrogens (tertiary/aromatic N) is 5. The SMILES string of the molecule is Cc1cn2cc(C3=C\C(=O)N4C=C(N5CCN(C)CC5)C=C\C4=C/C=C/3)cc(CO)c2n1. The van der Waals surface area contributed by atoms with Crippen LogP contribution in [0.1, 0.15) is 16.8 Å². The predicted octanol–water partition coefficient (Wildman–Crippen LogP) is 2.46. The number of rotatable bonds is 3. The summed E-state index contributed by atoms with van der Waals surface area (Å²) >= 11 is 0. The maximum absolute atomic E-state index is 13.3. The smallest absolute Gasteiger partial charge is 0.255 e. The monoisotopic (exact) mass is 429 g/mol. The minimum atomic E-state index is -0.114. The van der Waals surface area contributed by atoms with Crippen LogP contribution < -0.4 is 0 Å². The van der Waals surface area contributed by atoms with E-state index in [9.17, 15) is 9.90 Å². The van der Waals surface area contributed by atoms with Crippen molar-refractivity contribution >= 4 is 17.1 Å². The molecule has 164 valence electrons. The fraction of sp³-hybridized carbons (Fsp3) is 0.280. The van der Waals surface area contributed by atoms with Gasteiger partial charge in [-0.1, -0.05) is 12.2 Å². The summed E-state index contributed by atoms with van der Waals surface area (Å²) in [5.41, 5.74) is 5.89. The van der Waals surface area contributed by atoms with Gasteiger partial charge in [0.1, 0.15) is 5.65 Å². The van der Waals surface area contributed by atoms with Gasteiger partial charge in [0, 0.05) is 62.1 Å². The number of aliphatic hydroxyl groups is 1. The van der Waals surface area contributed by atoms with Crippen molar-refractivity contribution in [2.24, 2.45) is 0 Å². The van der Waals surface area contributed by atoms with Crippen molar-refractivity contribution in [3.8, 4) is 0 Å². The molecule has 7 nitrogen and oxygen atoms in total. The predicted molar refractivity (Wildman–Crippen MR) is 124 cm³/mol. The van der Waals surface area contributed by atoms with E-state index in [0.29, 0.717) is 0 Å². The number of likely N-dealkylation sites (N-methyl/N-ethyl adjacent to an activating group) is 1. The number of piperazine rings is 1. The van der Waals surface area contributed by atoms with E-state index in [-0.39, 0.29) is 12.5 Å². The van der Waals surface area contributed by atoms with Gasteiger partial charge in [0.25, 0.3) is 5.91 Å². The molecule has 0 saturated carbocycles. The number of hydrogen-bond donors (Lipinski definition) is 1. The Morgan fingerprint density at radius 1 is 1.06 bits per heavy atom. The third-order valence-corrected chi connectivity index (χ3v) is 6.14. The average molecular weight is 430 g/mol. The first kappa shape index (κ1) is 20.5. The molecule has 0 spiro atoms. The van der Waals surface area contributed by atoms with Crippen molar-refractivity contribution in [1.29, 1.82) is 0 Å². The van der Waals surface area contributed by atoms with E-state index in [1.807, 2.05) is 60.3 Å². The van der Waals surface area contributed by atoms with Crippen LogP contribution in [0.25, 0.3) is 11.2 Å². The number of imidazole rings is 1. The van der Waals surface area contributed by atoms with Crippen LogP contribution >= 0.6 is 0 Å². The molecule has 1 saturated heterocycles. The molecule has 1 N–H and O–H groups in total. The molecule has 2 aromatic rings. The second-order valence-electron chi connectivity index (χ2n) is 8.46. The highest BCUT2D eigenvalue weighted by Crippen LogP contribution is 2.26. The van der Waals surface area contributed by atoms with Crippen molar-refractivity contribution in [3.63, 3.8) is 0 Å². The van der Waals surface area contributed by atoms with Crippen molar-refractivity contribution in [2.75, 3.05) is 33.2 Å². The van der Waals surface area contributed by atoms with Gasteiger partial charge in [-0.2, -0.15) is 0 Å². The molecule has 32 heavy (non-hydrogen) atoms. The number of carbonyl (C=O) groups is 1. The summed E-state index contributed by atoms with van der Waals surface area (Å²) in [5.74, 6) is -0.0981. The zero-order valence-corrected chi connectivity index (χ0v) is 18.4. The molecule has 0 radical (unpaired) electrons. The van der Waals surface area contributed by atoms with E-state index in [4.69, 9.17) is 0 Å². The van der Waals surface area contributed by atoms with Gasteiger partial charge in [-0.3, -0.25) is 9.69 Å². The van der Waals surface area contributed by atoms with Crippen LogP contribution in [0.15, 0.2) is 72.5 Å². The summed E-state index contributed by atoms with van der Waals surface area (Å²) in [6.45, 7) is 5.73. The van der Waals surface area contributed by atoms with Gasteiger partial charge in [0.15, 0.2) is 0 Å². The number of aliphatic hydroxyl groups excluding tert-OH is 1. The van der Waals surface area contributed by atoms with Crippen LogP contribution in [0.5, 0.6) is 0 Å². The van der Waals surface area contributed by atoms with E-state index >= 15 is 0 Å². The summed E-state index contributed by atoms with van der Waals surface area (Å²) in [4.78, 5) is 24.1. The Morgan fingerprint density at radius 3 is 2.62 bits per heavy atom. The zero-order chi connectivity index (χ0) is 22.2. The Balaban J connectivity index is 1.49. The molecule has 0 unspecified atom stereocenters. The number of pyridine rings is 1. The molecule has 1 amide bonds. The molecule has 5 rings (SSSR count). The number of carbonyl (C=O) groups excluding carboxylic acids is 1. The second-order valence-corrected chi connectivity index (χ2v) is 8.46. The number of allylic oxidation sites excluding steroid dienone is 6. The topological polar surface area (TPSA) is 64.3 Å². The minimum absolute atomic E-state index is 0.0981. The third-order valence-electron chi connectivity index (χ3n) is 6.14. The van der Waals surface area contributed by atoms with Crippen LogP contribution in [0.3, 0.4) is 0 Å². The number of fused-ring (bicyclic) bond motifs is 2. The number of aryl methyl sites for hydroxylation is 1. The van der Waals surface area contributed by atoms with Gasteiger partial charge in [-0.05, 0) is 49.4 Å². The first-order valence-electron chi connectivity index (χ1n) is 10.9. The maximum Gasteiger partial charge on any atom is 0.255 e. The molecule has 0 atom stereocenters. The number of hydrogen-bond acceptors (Lipinski definition) is 5. The fourth-order valence-electron chi connectivity index (χ4n) is 4.33. The quantitative estimate of drug-likeness (QED) is 0.812. The van der Waals surface area contributed by atoms with Gasteiger partial charge in [-0.15, -0.1) is 0 Å². The third kappa shape index (κ3) is 3.81. The first-order valence-corrected chi connectivity index (χ1v) is 10.9. The lowest BCUT2D eigenvalue weighted by atomic mass is 10.0. The Bertz CT molecular complexity index is 1220. The lowest BCUT2D eigenvalue weighted by molar-refractivity contribution is -0.122. The second kappa shape index (κ2) is 8.26. The summed E-state index contributed by atoms with van der Waals surface area (Å²) in [6, 6.07) is 1.90. The van der Waals surface area contributed by atoms with Crippen LogP contribution in [-0.2, 0) is 11.4 Å². The van der Waals surface area contributed by atoms with Crippen LogP contribution in [0, 0.1) is 6.92 Å². The highest BCUT2D eigenvalue weighted by molar-refractivity contribution is 6.00. The summed E-state index contributed by atoms with van der Waals surface area (Å²) in [7, 11) is 2.13. The highest BCUT2D eigenvalue weighted by Gasteiger charge is 2.22. The number of aromatic nitrogens is 2. The summed E-state index contributed by atoms with van der Waals surface area (Å²) < 4.78 is 1.91. The van der Waals surface area contributed by atoms with Crippen LogP contribution in [0.4, 0.5) is 0 Å². The Kier molecular flexibility index (Phi) is 5.28. The molecule has 0 aliphatic carbocycles. The van der Waals surface area contributed by atoms with Gasteiger partial charge >= 0.3 is 0 Å². The standard InChI is InChI=1S/C25H27N5O2/c1-18-14-29-15-20(12-21(17-31)25(29)26-18)19-4-3-5-22-6-7-23(16-30(22)24(32)13-19)28-10-8-27(2)9-11-28/h3-7,12-16,31H,8-11,17H2,1-2H3/b4-3+,19-13+,22-5+. The van der Waals surface area contributed by atoms with E-state index in [1.165, 1.54) is 0 Å². The van der Waals surface area contributed by atoms with Gasteiger partial charge in [-0.25, -0.2) is 4.98 Å². The molecule has 7 heteroatoms. The molecule has 0 bridgehead atoms. The lowest BCUT2D eigenvalue weighted by Gasteiger charge is -2.36. The van der Waals surface area contributed by atoms with Gasteiger partial charge < -0.3 is 19.3 Å². The maximum atomic E-state index is 13.3. The number of amides is 1. The molecule has 3 aliphatic heterocycles. The highest BCUT2D eigenvalue weighted by atomic mass is 16.3. The van der Waals surface area contributed by atoms with Crippen molar-refractivity contribution in [3.05, 3.63) is 89.3 Å². The molecular formula is C25H27N5O2. The first-order chi connectivity index (χ1) is 15.5. The minimum Gasteiger partial charge on any atom is -0.392 e. The molecule has 1 fully saturated rings. The fourth-order valence-corrected chi connectivity index (χ4v) is 4.33. The average Bonchev–Trinajstić information content (AvgIpc) is 3.17. The van der Waals surface area contributed by atoms with E-state index < -0.39 is 0 Å². The van der Waals surface area contributed by atoms with Crippen molar-refractivity contribution in [2.45, 2.75) is 13.5 Å². The zero-order valence-electron chi connectivity index (χ0n) is 18.4. The summed E-state index contributed by atoms with van der Waals surface area (Å²) in [6.07, 6.45) is 17.4. The Labute approximate surface area is 187 Å². The molecule has 3 aliphatic rings. The Morgan fingerprint density at radius 2 is 1.84 bits per heavy atom. The van der Waals surface area contributed by atoms with E-state index in [1.54, 1.807) is 11.0 Å². The normalized spacial score (nSPS) is 23.7. The molecule has 0 aromatic carbocycles. The lowest BCUT2D eigenvalue weighted by Crippen LogP contribution is -2.44.